The van der Waals surface area contributed by atoms with Crippen molar-refractivity contribution >= 4 is 12.0 Å². The molecule has 0 fully saturated rings. The molecule has 0 radical (unpaired) electrons. The number of para-hydroxylation sites is 1. The lowest BCUT2D eigenvalue weighted by molar-refractivity contribution is -0.116. The lowest BCUT2D eigenvalue weighted by atomic mass is 10.1. The second-order valence-corrected chi connectivity index (χ2v) is 6.55. The zero-order valence-corrected chi connectivity index (χ0v) is 16.5. The first kappa shape index (κ1) is 19.4. The van der Waals surface area contributed by atoms with Crippen LogP contribution in [-0.2, 0) is 11.2 Å². The fraction of sp³-hybridized carbons (Fsp3) is 0.217. The highest BCUT2D eigenvalue weighted by molar-refractivity contribution is 5.92. The molecule has 0 atom stereocenters. The molecular formula is C23H25N3O2. The van der Waals surface area contributed by atoms with E-state index in [4.69, 9.17) is 4.74 Å². The first-order chi connectivity index (χ1) is 13.6. The number of methoxy groups -OCH3 is 1. The van der Waals surface area contributed by atoms with Gasteiger partial charge in [0, 0.05) is 23.9 Å². The van der Waals surface area contributed by atoms with Crippen LogP contribution >= 0.6 is 0 Å². The largest absolute Gasteiger partial charge is 0.497 e. The van der Waals surface area contributed by atoms with Gasteiger partial charge in [0.1, 0.15) is 5.75 Å². The van der Waals surface area contributed by atoms with Gasteiger partial charge in [-0.2, -0.15) is 5.10 Å². The van der Waals surface area contributed by atoms with E-state index in [0.717, 1.165) is 40.4 Å². The second kappa shape index (κ2) is 9.04. The summed E-state index contributed by atoms with van der Waals surface area (Å²) >= 11 is 0. The van der Waals surface area contributed by atoms with E-state index in [1.807, 2.05) is 79.2 Å². The Morgan fingerprint density at radius 2 is 1.82 bits per heavy atom. The van der Waals surface area contributed by atoms with Gasteiger partial charge in [-0.15, -0.1) is 0 Å². The van der Waals surface area contributed by atoms with Crippen LogP contribution in [0.25, 0.3) is 11.8 Å². The van der Waals surface area contributed by atoms with Gasteiger partial charge in [0.15, 0.2) is 0 Å². The maximum absolute atomic E-state index is 12.2. The molecular weight excluding hydrogens is 350 g/mol. The molecule has 0 saturated carbocycles. The van der Waals surface area contributed by atoms with Gasteiger partial charge in [-0.1, -0.05) is 30.3 Å². The standard InChI is InChI=1S/C23H25N3O2/c1-17-22(18(2)26(25-17)20-7-5-4-6-8-20)13-14-23(27)24-16-15-19-9-11-21(28-3)12-10-19/h4-14H,15-16H2,1-3H3,(H,24,27). The normalized spacial score (nSPS) is 11.0. The van der Waals surface area contributed by atoms with Crippen LogP contribution in [0.3, 0.4) is 0 Å². The summed E-state index contributed by atoms with van der Waals surface area (Å²) in [4.78, 5) is 12.2. The van der Waals surface area contributed by atoms with E-state index in [-0.39, 0.29) is 5.91 Å². The fourth-order valence-electron chi connectivity index (χ4n) is 3.06. The van der Waals surface area contributed by atoms with Crippen molar-refractivity contribution in [3.8, 4) is 11.4 Å². The molecule has 0 spiro atoms. The molecule has 0 bridgehead atoms. The summed E-state index contributed by atoms with van der Waals surface area (Å²) in [6.45, 7) is 4.54. The smallest absolute Gasteiger partial charge is 0.244 e. The zero-order valence-electron chi connectivity index (χ0n) is 16.5. The number of benzene rings is 2. The summed E-state index contributed by atoms with van der Waals surface area (Å²) in [6, 6.07) is 17.8. The number of hydrogen-bond acceptors (Lipinski definition) is 3. The minimum Gasteiger partial charge on any atom is -0.497 e. The molecule has 0 aliphatic heterocycles. The fourth-order valence-corrected chi connectivity index (χ4v) is 3.06. The van der Waals surface area contributed by atoms with Crippen LogP contribution in [0.2, 0.25) is 0 Å². The SMILES string of the molecule is COc1ccc(CCNC(=O)C=Cc2c(C)nn(-c3ccccc3)c2C)cc1. The van der Waals surface area contributed by atoms with Crippen molar-refractivity contribution in [3.63, 3.8) is 0 Å². The molecule has 3 aromatic rings. The van der Waals surface area contributed by atoms with Gasteiger partial charge in [0.05, 0.1) is 18.5 Å². The van der Waals surface area contributed by atoms with Crippen LogP contribution in [0.5, 0.6) is 5.75 Å². The molecule has 5 heteroatoms. The van der Waals surface area contributed by atoms with Gasteiger partial charge in [-0.3, -0.25) is 4.79 Å². The molecule has 1 heterocycles. The van der Waals surface area contributed by atoms with Crippen molar-refractivity contribution in [1.29, 1.82) is 0 Å². The molecule has 0 aliphatic rings. The highest BCUT2D eigenvalue weighted by atomic mass is 16.5. The second-order valence-electron chi connectivity index (χ2n) is 6.55. The third-order valence-corrected chi connectivity index (χ3v) is 4.62. The van der Waals surface area contributed by atoms with Gasteiger partial charge >= 0.3 is 0 Å². The first-order valence-electron chi connectivity index (χ1n) is 9.29. The Balaban J connectivity index is 1.59. The van der Waals surface area contributed by atoms with E-state index in [1.165, 1.54) is 0 Å². The van der Waals surface area contributed by atoms with Gasteiger partial charge < -0.3 is 10.1 Å². The van der Waals surface area contributed by atoms with E-state index in [0.29, 0.717) is 6.54 Å². The summed E-state index contributed by atoms with van der Waals surface area (Å²) in [7, 11) is 1.65. The van der Waals surface area contributed by atoms with Gasteiger partial charge in [0.25, 0.3) is 0 Å². The highest BCUT2D eigenvalue weighted by Crippen LogP contribution is 2.19. The van der Waals surface area contributed by atoms with Gasteiger partial charge in [-0.05, 0) is 56.2 Å². The number of nitrogens with one attached hydrogen (secondary N) is 1. The molecule has 2 aromatic carbocycles. The Bertz CT molecular complexity index is 958. The number of hydrogen-bond donors (Lipinski definition) is 1. The number of carbonyl (C=O) groups is 1. The topological polar surface area (TPSA) is 56.1 Å². The van der Waals surface area contributed by atoms with Crippen molar-refractivity contribution in [1.82, 2.24) is 15.1 Å². The predicted octanol–water partition coefficient (Wildman–Crippen LogP) is 3.87. The molecule has 28 heavy (non-hydrogen) atoms. The van der Waals surface area contributed by atoms with Crippen molar-refractivity contribution in [2.24, 2.45) is 0 Å². The van der Waals surface area contributed by atoms with Crippen molar-refractivity contribution in [2.45, 2.75) is 20.3 Å². The van der Waals surface area contributed by atoms with E-state index in [1.54, 1.807) is 13.2 Å². The number of ether oxygens (including phenoxy) is 1. The molecule has 144 valence electrons. The summed E-state index contributed by atoms with van der Waals surface area (Å²) in [5.41, 5.74) is 5.02. The van der Waals surface area contributed by atoms with Crippen LogP contribution in [0.4, 0.5) is 0 Å². The van der Waals surface area contributed by atoms with E-state index < -0.39 is 0 Å². The third-order valence-electron chi connectivity index (χ3n) is 4.62. The lowest BCUT2D eigenvalue weighted by Crippen LogP contribution is -2.23. The van der Waals surface area contributed by atoms with E-state index in [2.05, 4.69) is 10.4 Å². The Labute approximate surface area is 165 Å². The van der Waals surface area contributed by atoms with Crippen molar-refractivity contribution in [2.75, 3.05) is 13.7 Å². The molecule has 5 nitrogen and oxygen atoms in total. The number of aromatic nitrogens is 2. The summed E-state index contributed by atoms with van der Waals surface area (Å²) in [5.74, 6) is 0.720. The molecule has 3 rings (SSSR count). The highest BCUT2D eigenvalue weighted by Gasteiger charge is 2.10. The summed E-state index contributed by atoms with van der Waals surface area (Å²) in [6.07, 6.45) is 4.17. The number of carbonyl (C=O) groups excluding carboxylic acids is 1. The quantitative estimate of drug-likeness (QED) is 0.638. The maximum atomic E-state index is 12.2. The number of nitrogens with zero attached hydrogens (tertiary/aromatic N) is 2. The number of aryl methyl sites for hydroxylation is 1. The van der Waals surface area contributed by atoms with E-state index >= 15 is 0 Å². The Morgan fingerprint density at radius 1 is 1.11 bits per heavy atom. The van der Waals surface area contributed by atoms with Crippen molar-refractivity contribution < 1.29 is 9.53 Å². The molecule has 1 amide bonds. The van der Waals surface area contributed by atoms with Crippen molar-refractivity contribution in [3.05, 3.63) is 83.2 Å². The molecule has 0 saturated heterocycles. The Hall–Kier alpha value is -3.34. The van der Waals surface area contributed by atoms with Crippen LogP contribution in [0, 0.1) is 13.8 Å². The van der Waals surface area contributed by atoms with Gasteiger partial charge in [0.2, 0.25) is 5.91 Å². The van der Waals surface area contributed by atoms with Gasteiger partial charge in [-0.25, -0.2) is 4.68 Å². The third kappa shape index (κ3) is 4.68. The molecule has 0 unspecified atom stereocenters. The maximum Gasteiger partial charge on any atom is 0.244 e. The minimum absolute atomic E-state index is 0.111. The monoisotopic (exact) mass is 375 g/mol. The minimum atomic E-state index is -0.111. The summed E-state index contributed by atoms with van der Waals surface area (Å²) < 4.78 is 7.05. The Morgan fingerprint density at radius 3 is 2.50 bits per heavy atom. The first-order valence-corrected chi connectivity index (χ1v) is 9.29. The predicted molar refractivity (Wildman–Crippen MR) is 112 cm³/mol. The molecule has 1 N–H and O–H groups in total. The van der Waals surface area contributed by atoms with Crippen LogP contribution in [-0.4, -0.2) is 29.3 Å². The summed E-state index contributed by atoms with van der Waals surface area (Å²) in [5, 5.41) is 7.52. The zero-order chi connectivity index (χ0) is 19.9. The average Bonchev–Trinajstić information content (AvgIpc) is 3.01. The molecule has 1 aromatic heterocycles. The van der Waals surface area contributed by atoms with Crippen LogP contribution < -0.4 is 10.1 Å². The average molecular weight is 375 g/mol. The van der Waals surface area contributed by atoms with Crippen LogP contribution in [0.1, 0.15) is 22.5 Å². The number of amides is 1. The Kier molecular flexibility index (Phi) is 6.27. The molecule has 0 aliphatic carbocycles. The number of rotatable bonds is 7. The van der Waals surface area contributed by atoms with Crippen LogP contribution in [0.15, 0.2) is 60.7 Å². The van der Waals surface area contributed by atoms with E-state index in [9.17, 15) is 4.79 Å². The lowest BCUT2D eigenvalue weighted by Gasteiger charge is -2.05.